The summed E-state index contributed by atoms with van der Waals surface area (Å²) in [5.74, 6) is 4.59. The van der Waals surface area contributed by atoms with Gasteiger partial charge >= 0.3 is 0 Å². The van der Waals surface area contributed by atoms with Crippen molar-refractivity contribution in [2.45, 2.75) is 110 Å². The number of halogens is 2. The number of hydrogen-bond acceptors (Lipinski definition) is 1. The summed E-state index contributed by atoms with van der Waals surface area (Å²) in [6, 6.07) is 3.72. The Kier molecular flexibility index (Phi) is 9.80. The zero-order valence-electron chi connectivity index (χ0n) is 21.6. The van der Waals surface area contributed by atoms with Crippen LogP contribution >= 0.6 is 11.6 Å². The topological polar surface area (TPSA) is 9.23 Å². The monoisotopic (exact) mass is 488 g/mol. The number of benzene rings is 1. The minimum atomic E-state index is -0.402. The predicted octanol–water partition coefficient (Wildman–Crippen LogP) is 10.3. The Morgan fingerprint density at radius 2 is 1.50 bits per heavy atom. The van der Waals surface area contributed by atoms with Gasteiger partial charge in [0.1, 0.15) is 0 Å². The molecule has 0 aliphatic heterocycles. The molecule has 1 aromatic rings. The molecule has 2 saturated carbocycles. The number of hydrogen-bond donors (Lipinski definition) is 0. The van der Waals surface area contributed by atoms with Gasteiger partial charge in [-0.3, -0.25) is 0 Å². The summed E-state index contributed by atoms with van der Waals surface area (Å²) >= 11 is 6.45. The zero-order chi connectivity index (χ0) is 23.9. The lowest BCUT2D eigenvalue weighted by Crippen LogP contribution is -2.28. The van der Waals surface area contributed by atoms with E-state index in [1.807, 2.05) is 6.07 Å². The van der Waals surface area contributed by atoms with Crippen LogP contribution < -0.4 is 4.74 Å². The third-order valence-electron chi connectivity index (χ3n) is 9.34. The summed E-state index contributed by atoms with van der Waals surface area (Å²) in [5.41, 5.74) is 2.08. The number of unbranched alkanes of at least 4 members (excludes halogenated alkanes) is 1. The van der Waals surface area contributed by atoms with Crippen LogP contribution in [0, 0.1) is 35.4 Å². The Bertz CT molecular complexity index is 802. The summed E-state index contributed by atoms with van der Waals surface area (Å²) in [4.78, 5) is 0. The largest absolute Gasteiger partial charge is 0.490 e. The molecular formula is C31H46ClFO. The van der Waals surface area contributed by atoms with Crippen LogP contribution in [0.1, 0.15) is 116 Å². The van der Waals surface area contributed by atoms with Crippen molar-refractivity contribution in [2.24, 2.45) is 29.6 Å². The molecule has 190 valence electrons. The van der Waals surface area contributed by atoms with Crippen LogP contribution in [0.3, 0.4) is 0 Å². The Morgan fingerprint density at radius 1 is 0.853 bits per heavy atom. The molecule has 3 aliphatic carbocycles. The summed E-state index contributed by atoms with van der Waals surface area (Å²) < 4.78 is 20.4. The average Bonchev–Trinajstić information content (AvgIpc) is 2.88. The fourth-order valence-corrected chi connectivity index (χ4v) is 7.47. The van der Waals surface area contributed by atoms with E-state index in [1.54, 1.807) is 6.07 Å². The second-order valence-electron chi connectivity index (χ2n) is 11.4. The number of allylic oxidation sites excluding steroid dienone is 2. The number of ether oxygens (including phenoxy) is 1. The highest BCUT2D eigenvalue weighted by Gasteiger charge is 2.33. The molecular weight excluding hydrogens is 443 g/mol. The molecule has 34 heavy (non-hydrogen) atoms. The lowest BCUT2D eigenvalue weighted by atomic mass is 9.65. The smallest absolute Gasteiger partial charge is 0.184 e. The Balaban J connectivity index is 1.27. The van der Waals surface area contributed by atoms with E-state index in [0.29, 0.717) is 6.61 Å². The molecule has 0 N–H and O–H groups in total. The lowest BCUT2D eigenvalue weighted by Gasteiger charge is -2.40. The molecule has 4 rings (SSSR count). The maximum atomic E-state index is 14.8. The third-order valence-corrected chi connectivity index (χ3v) is 9.71. The lowest BCUT2D eigenvalue weighted by molar-refractivity contribution is 0.121. The standard InChI is InChI=1S/C31H46ClFO/c1-3-5-21-34-29-20-19-28(30(32)31(29)33)27-17-15-26(16-18-27)25-13-11-24(12-14-25)23-9-7-22(6-4-2)8-10-23/h17,19-20,22-26H,3-16,18,21H2,1-2H3. The molecule has 0 spiro atoms. The van der Waals surface area contributed by atoms with E-state index in [9.17, 15) is 4.39 Å². The van der Waals surface area contributed by atoms with Gasteiger partial charge < -0.3 is 4.74 Å². The first kappa shape index (κ1) is 26.1. The molecule has 0 bridgehead atoms. The van der Waals surface area contributed by atoms with Crippen LogP contribution in [-0.2, 0) is 0 Å². The second-order valence-corrected chi connectivity index (χ2v) is 11.8. The van der Waals surface area contributed by atoms with Gasteiger partial charge in [0.25, 0.3) is 0 Å². The van der Waals surface area contributed by atoms with Gasteiger partial charge in [-0.25, -0.2) is 4.39 Å². The molecule has 0 heterocycles. The van der Waals surface area contributed by atoms with E-state index in [-0.39, 0.29) is 10.8 Å². The normalized spacial score (nSPS) is 30.1. The van der Waals surface area contributed by atoms with Gasteiger partial charge in [-0.2, -0.15) is 0 Å². The van der Waals surface area contributed by atoms with Crippen molar-refractivity contribution in [3.05, 3.63) is 34.6 Å². The molecule has 1 atom stereocenters. The van der Waals surface area contributed by atoms with Crippen LogP contribution in [-0.4, -0.2) is 6.61 Å². The quantitative estimate of drug-likeness (QED) is 0.314. The van der Waals surface area contributed by atoms with Gasteiger partial charge in [0.05, 0.1) is 11.6 Å². The summed E-state index contributed by atoms with van der Waals surface area (Å²) in [7, 11) is 0. The van der Waals surface area contributed by atoms with E-state index >= 15 is 0 Å². The molecule has 1 nitrogen and oxygen atoms in total. The minimum Gasteiger partial charge on any atom is -0.490 e. The van der Waals surface area contributed by atoms with Crippen LogP contribution in [0.15, 0.2) is 18.2 Å². The molecule has 1 unspecified atom stereocenters. The average molecular weight is 489 g/mol. The van der Waals surface area contributed by atoms with Crippen molar-refractivity contribution in [1.29, 1.82) is 0 Å². The van der Waals surface area contributed by atoms with Crippen molar-refractivity contribution in [2.75, 3.05) is 6.61 Å². The van der Waals surface area contributed by atoms with E-state index in [1.165, 1.54) is 76.2 Å². The maximum Gasteiger partial charge on any atom is 0.184 e. The van der Waals surface area contributed by atoms with Crippen molar-refractivity contribution in [3.8, 4) is 5.75 Å². The van der Waals surface area contributed by atoms with Gasteiger partial charge in [0, 0.05) is 0 Å². The van der Waals surface area contributed by atoms with E-state index < -0.39 is 5.82 Å². The van der Waals surface area contributed by atoms with Gasteiger partial charge in [-0.05, 0) is 117 Å². The van der Waals surface area contributed by atoms with E-state index in [0.717, 1.165) is 60.8 Å². The zero-order valence-corrected chi connectivity index (χ0v) is 22.4. The van der Waals surface area contributed by atoms with Crippen LogP contribution in [0.25, 0.3) is 5.57 Å². The number of rotatable bonds is 9. The van der Waals surface area contributed by atoms with Crippen molar-refractivity contribution >= 4 is 17.2 Å². The van der Waals surface area contributed by atoms with Crippen molar-refractivity contribution in [1.82, 2.24) is 0 Å². The van der Waals surface area contributed by atoms with Crippen molar-refractivity contribution in [3.63, 3.8) is 0 Å². The highest BCUT2D eigenvalue weighted by Crippen LogP contribution is 2.46. The first-order valence-corrected chi connectivity index (χ1v) is 14.8. The molecule has 1 aromatic carbocycles. The van der Waals surface area contributed by atoms with E-state index in [2.05, 4.69) is 19.9 Å². The fourth-order valence-electron chi connectivity index (χ4n) is 7.19. The summed E-state index contributed by atoms with van der Waals surface area (Å²) in [6.07, 6.45) is 22.2. The molecule has 0 saturated heterocycles. The minimum absolute atomic E-state index is 0.230. The van der Waals surface area contributed by atoms with Crippen LogP contribution in [0.5, 0.6) is 5.75 Å². The third kappa shape index (κ3) is 6.40. The van der Waals surface area contributed by atoms with Crippen molar-refractivity contribution < 1.29 is 9.13 Å². The Labute approximate surface area is 212 Å². The van der Waals surface area contributed by atoms with Crippen LogP contribution in [0.4, 0.5) is 4.39 Å². The molecule has 2 fully saturated rings. The molecule has 0 radical (unpaired) electrons. The highest BCUT2D eigenvalue weighted by molar-refractivity contribution is 6.32. The van der Waals surface area contributed by atoms with E-state index in [4.69, 9.17) is 16.3 Å². The first-order chi connectivity index (χ1) is 16.6. The molecule has 3 aliphatic rings. The highest BCUT2D eigenvalue weighted by atomic mass is 35.5. The predicted molar refractivity (Wildman–Crippen MR) is 143 cm³/mol. The molecule has 3 heteroatoms. The first-order valence-electron chi connectivity index (χ1n) is 14.4. The van der Waals surface area contributed by atoms with Gasteiger partial charge in [0.15, 0.2) is 11.6 Å². The molecule has 0 amide bonds. The Hall–Kier alpha value is -1.02. The summed E-state index contributed by atoms with van der Waals surface area (Å²) in [6.45, 7) is 4.98. The van der Waals surface area contributed by atoms with Gasteiger partial charge in [-0.15, -0.1) is 0 Å². The fraction of sp³-hybridized carbons (Fsp3) is 0.742. The maximum absolute atomic E-state index is 14.8. The van der Waals surface area contributed by atoms with Crippen LogP contribution in [0.2, 0.25) is 5.02 Å². The second kappa shape index (κ2) is 12.8. The summed E-state index contributed by atoms with van der Waals surface area (Å²) in [5, 5.41) is 0.230. The van der Waals surface area contributed by atoms with Gasteiger partial charge in [0.2, 0.25) is 0 Å². The van der Waals surface area contributed by atoms with Gasteiger partial charge in [-0.1, -0.05) is 63.6 Å². The Morgan fingerprint density at radius 3 is 2.09 bits per heavy atom. The molecule has 0 aromatic heterocycles. The SMILES string of the molecule is CCCCOc1ccc(C2=CCC(C3CCC(C4CCC(CCC)CC4)CC3)CC2)c(Cl)c1F.